The van der Waals surface area contributed by atoms with E-state index in [0.29, 0.717) is 0 Å². The number of aliphatic imine (C=N–C) groups is 1. The average molecular weight is 153 g/mol. The van der Waals surface area contributed by atoms with Gasteiger partial charge in [-0.2, -0.15) is 0 Å². The van der Waals surface area contributed by atoms with E-state index in [9.17, 15) is 0 Å². The Morgan fingerprint density at radius 2 is 2.60 bits per heavy atom. The molecular weight excluding hydrogens is 146 g/mol. The van der Waals surface area contributed by atoms with Crippen molar-refractivity contribution in [2.24, 2.45) is 4.99 Å². The second-order valence-electron chi connectivity index (χ2n) is 2.15. The Kier molecular flexibility index (Phi) is 1.51. The van der Waals surface area contributed by atoms with Gasteiger partial charge in [-0.3, -0.25) is 0 Å². The normalized spacial score (nSPS) is 22.4. The molecule has 0 saturated heterocycles. The van der Waals surface area contributed by atoms with E-state index >= 15 is 0 Å². The predicted molar refractivity (Wildman–Crippen MR) is 42.8 cm³/mol. The fourth-order valence-electron chi connectivity index (χ4n) is 0.939. The molecule has 3 heteroatoms. The van der Waals surface area contributed by atoms with Crippen LogP contribution >= 0.6 is 11.8 Å². The molecule has 2 nitrogen and oxygen atoms in total. The zero-order valence-electron chi connectivity index (χ0n) is 5.41. The Bertz CT molecular complexity index is 230. The third kappa shape index (κ3) is 0.968. The van der Waals surface area contributed by atoms with E-state index in [1.165, 1.54) is 5.57 Å². The molecule has 0 fully saturated rings. The third-order valence-corrected chi connectivity index (χ3v) is 2.21. The van der Waals surface area contributed by atoms with Gasteiger partial charge in [0.15, 0.2) is 0 Å². The summed E-state index contributed by atoms with van der Waals surface area (Å²) in [7, 11) is 0. The second kappa shape index (κ2) is 2.50. The minimum Gasteiger partial charge on any atom is -0.447 e. The van der Waals surface area contributed by atoms with Gasteiger partial charge in [-0.25, -0.2) is 4.99 Å². The summed E-state index contributed by atoms with van der Waals surface area (Å²) in [6, 6.07) is 0. The Hall–Kier alpha value is -0.700. The summed E-state index contributed by atoms with van der Waals surface area (Å²) >= 11 is 1.72. The van der Waals surface area contributed by atoms with Gasteiger partial charge in [0.1, 0.15) is 0 Å². The molecule has 0 spiro atoms. The Labute approximate surface area is 63.7 Å². The monoisotopic (exact) mass is 153 g/mol. The zero-order valence-corrected chi connectivity index (χ0v) is 6.23. The van der Waals surface area contributed by atoms with E-state index in [0.717, 1.165) is 18.1 Å². The minimum atomic E-state index is 0.807. The fraction of sp³-hybridized carbons (Fsp3) is 0.286. The van der Waals surface area contributed by atoms with Gasteiger partial charge >= 0.3 is 0 Å². The highest BCUT2D eigenvalue weighted by molar-refractivity contribution is 8.12. The molecule has 2 rings (SSSR count). The zero-order chi connectivity index (χ0) is 6.81. The fourth-order valence-corrected chi connectivity index (χ4v) is 1.63. The smallest absolute Gasteiger partial charge is 0.219 e. The molecule has 0 bridgehead atoms. The van der Waals surface area contributed by atoms with Crippen molar-refractivity contribution in [3.63, 3.8) is 0 Å². The summed E-state index contributed by atoms with van der Waals surface area (Å²) in [6.45, 7) is 0. The van der Waals surface area contributed by atoms with Crippen LogP contribution in [0.1, 0.15) is 6.42 Å². The number of ether oxygens (including phenoxy) is 1. The van der Waals surface area contributed by atoms with Crippen LogP contribution in [0.25, 0.3) is 0 Å². The molecule has 0 aromatic rings. The van der Waals surface area contributed by atoms with Gasteiger partial charge < -0.3 is 4.74 Å². The lowest BCUT2D eigenvalue weighted by Gasteiger charge is -2.14. The van der Waals surface area contributed by atoms with Crippen LogP contribution in [0.15, 0.2) is 28.8 Å². The molecule has 0 atom stereocenters. The first kappa shape index (κ1) is 6.04. The number of nitrogens with zero attached hydrogens (tertiary/aromatic N) is 1. The lowest BCUT2D eigenvalue weighted by molar-refractivity contribution is 0.332. The lowest BCUT2D eigenvalue weighted by atomic mass is 10.2. The van der Waals surface area contributed by atoms with Gasteiger partial charge in [0.25, 0.3) is 0 Å². The van der Waals surface area contributed by atoms with Gasteiger partial charge in [-0.15, -0.1) is 11.8 Å². The molecule has 0 saturated carbocycles. The van der Waals surface area contributed by atoms with E-state index in [-0.39, 0.29) is 0 Å². The Morgan fingerprint density at radius 1 is 1.60 bits per heavy atom. The maximum atomic E-state index is 5.17. The van der Waals surface area contributed by atoms with Crippen LogP contribution in [0.5, 0.6) is 0 Å². The van der Waals surface area contributed by atoms with E-state index in [2.05, 4.69) is 4.99 Å². The molecule has 10 heavy (non-hydrogen) atoms. The molecule has 0 N–H and O–H groups in total. The van der Waals surface area contributed by atoms with Gasteiger partial charge in [0.2, 0.25) is 5.88 Å². The number of thioether (sulfide) groups is 1. The Morgan fingerprint density at radius 3 is 3.50 bits per heavy atom. The van der Waals surface area contributed by atoms with Crippen molar-refractivity contribution < 1.29 is 4.74 Å². The summed E-state index contributed by atoms with van der Waals surface area (Å²) in [5, 5.41) is 0. The maximum absolute atomic E-state index is 5.17. The summed E-state index contributed by atoms with van der Waals surface area (Å²) in [4.78, 5) is 4.10. The van der Waals surface area contributed by atoms with E-state index < -0.39 is 0 Å². The summed E-state index contributed by atoms with van der Waals surface area (Å²) in [5.74, 6) is 1.84. The Balaban J connectivity index is 2.25. The van der Waals surface area contributed by atoms with Gasteiger partial charge in [-0.1, -0.05) is 0 Å². The average Bonchev–Trinajstić information content (AvgIpc) is 2.05. The molecule has 2 aliphatic heterocycles. The molecule has 0 aromatic heterocycles. The number of rotatable bonds is 0. The van der Waals surface area contributed by atoms with Gasteiger partial charge in [0, 0.05) is 11.3 Å². The van der Waals surface area contributed by atoms with Crippen LogP contribution in [0, 0.1) is 0 Å². The maximum Gasteiger partial charge on any atom is 0.219 e. The highest BCUT2D eigenvalue weighted by atomic mass is 32.2. The van der Waals surface area contributed by atoms with Crippen molar-refractivity contribution in [3.05, 3.63) is 23.8 Å². The number of hydrogen-bond donors (Lipinski definition) is 0. The first-order chi connectivity index (χ1) is 4.97. The lowest BCUT2D eigenvalue weighted by Crippen LogP contribution is -2.02. The van der Waals surface area contributed by atoms with E-state index in [1.54, 1.807) is 18.0 Å². The molecule has 52 valence electrons. The predicted octanol–water partition coefficient (Wildman–Crippen LogP) is 1.91. The molecule has 2 aliphatic rings. The van der Waals surface area contributed by atoms with E-state index in [4.69, 9.17) is 4.74 Å². The first-order valence-electron chi connectivity index (χ1n) is 3.14. The first-order valence-corrected chi connectivity index (χ1v) is 4.19. The van der Waals surface area contributed by atoms with Gasteiger partial charge in [-0.05, 0) is 12.5 Å². The quantitative estimate of drug-likeness (QED) is 0.530. The second-order valence-corrected chi connectivity index (χ2v) is 2.98. The van der Waals surface area contributed by atoms with Crippen molar-refractivity contribution in [1.29, 1.82) is 0 Å². The van der Waals surface area contributed by atoms with Crippen molar-refractivity contribution in [3.8, 4) is 0 Å². The van der Waals surface area contributed by atoms with Crippen molar-refractivity contribution >= 4 is 17.3 Å². The summed E-state index contributed by atoms with van der Waals surface area (Å²) < 4.78 is 5.17. The number of hydrogen-bond acceptors (Lipinski definition) is 3. The van der Waals surface area contributed by atoms with Crippen LogP contribution in [0.3, 0.4) is 0 Å². The largest absolute Gasteiger partial charge is 0.447 e. The van der Waals surface area contributed by atoms with Gasteiger partial charge in [0.05, 0.1) is 11.8 Å². The molecule has 0 unspecified atom stereocenters. The van der Waals surface area contributed by atoms with Crippen LogP contribution in [-0.2, 0) is 4.74 Å². The van der Waals surface area contributed by atoms with Crippen molar-refractivity contribution in [2.75, 3.05) is 5.75 Å². The topological polar surface area (TPSA) is 21.6 Å². The molecule has 0 radical (unpaired) electrons. The molecule has 2 heterocycles. The molecule has 0 aromatic carbocycles. The summed E-state index contributed by atoms with van der Waals surface area (Å²) in [6.07, 6.45) is 4.71. The highest BCUT2D eigenvalue weighted by Crippen LogP contribution is 2.24. The van der Waals surface area contributed by atoms with Crippen LogP contribution in [0.4, 0.5) is 0 Å². The molecule has 0 aliphatic carbocycles. The molecular formula is C7H7NOS. The van der Waals surface area contributed by atoms with Crippen molar-refractivity contribution in [1.82, 2.24) is 0 Å². The van der Waals surface area contributed by atoms with Crippen LogP contribution in [0.2, 0.25) is 0 Å². The van der Waals surface area contributed by atoms with Crippen LogP contribution in [-0.4, -0.2) is 11.3 Å². The number of allylic oxidation sites excluding steroid dienone is 1. The van der Waals surface area contributed by atoms with Crippen LogP contribution < -0.4 is 0 Å². The molecule has 0 amide bonds. The highest BCUT2D eigenvalue weighted by Gasteiger charge is 2.11. The standard InChI is InChI=1S/C7H7NOS/c1-2-6-4-10-5-8-7(6)9-3-1/h1,3,5H,2,4H2. The third-order valence-electron chi connectivity index (χ3n) is 1.44. The summed E-state index contributed by atoms with van der Waals surface area (Å²) in [5.41, 5.74) is 3.13. The SMILES string of the molecule is C1=COC2=C(C1)CSC=N2. The van der Waals surface area contributed by atoms with Crippen molar-refractivity contribution in [2.45, 2.75) is 6.42 Å². The minimum absolute atomic E-state index is 0.807. The van der Waals surface area contributed by atoms with E-state index in [1.807, 2.05) is 11.6 Å².